The Labute approximate surface area is 126 Å². The molecule has 21 heavy (non-hydrogen) atoms. The maximum absolute atomic E-state index is 13.3. The van der Waals surface area contributed by atoms with Gasteiger partial charge in [0, 0.05) is 32.0 Å². The quantitative estimate of drug-likeness (QED) is 0.895. The number of carbonyl (C=O) groups is 1. The summed E-state index contributed by atoms with van der Waals surface area (Å²) >= 11 is 0. The van der Waals surface area contributed by atoms with E-state index in [2.05, 4.69) is 29.0 Å². The zero-order valence-corrected chi connectivity index (χ0v) is 13.3. The highest BCUT2D eigenvalue weighted by atomic mass is 16.2. The molecule has 1 amide bonds. The Hall–Kier alpha value is -1.36. The van der Waals surface area contributed by atoms with Crippen LogP contribution >= 0.6 is 0 Å². The third kappa shape index (κ3) is 2.59. The van der Waals surface area contributed by atoms with Gasteiger partial charge in [0.15, 0.2) is 0 Å². The van der Waals surface area contributed by atoms with E-state index in [1.54, 1.807) is 6.20 Å². The van der Waals surface area contributed by atoms with Crippen LogP contribution in [0.2, 0.25) is 0 Å². The monoisotopic (exact) mass is 290 g/mol. The minimum Gasteiger partial charge on any atom is -0.337 e. The molecule has 0 radical (unpaired) electrons. The van der Waals surface area contributed by atoms with Gasteiger partial charge in [-0.15, -0.1) is 0 Å². The lowest BCUT2D eigenvalue weighted by molar-refractivity contribution is -0.145. The molecule has 1 unspecified atom stereocenters. The van der Waals surface area contributed by atoms with E-state index in [9.17, 15) is 4.79 Å². The minimum absolute atomic E-state index is 0.228. The molecule has 1 aliphatic carbocycles. The first-order valence-electron chi connectivity index (χ1n) is 8.02. The fourth-order valence-corrected chi connectivity index (χ4v) is 3.37. The van der Waals surface area contributed by atoms with Crippen LogP contribution in [0.4, 0.5) is 0 Å². The zero-order valence-electron chi connectivity index (χ0n) is 13.3. The highest BCUT2D eigenvalue weighted by Gasteiger charge is 2.48. The molecule has 0 bridgehead atoms. The third-order valence-electron chi connectivity index (χ3n) is 5.20. The molecular weight excluding hydrogens is 264 g/mol. The van der Waals surface area contributed by atoms with Gasteiger partial charge in [0.05, 0.1) is 12.0 Å². The number of nitrogens with zero attached hydrogens (tertiary/aromatic N) is 3. The summed E-state index contributed by atoms with van der Waals surface area (Å²) in [4.78, 5) is 19.8. The molecule has 1 aromatic rings. The van der Waals surface area contributed by atoms with Gasteiger partial charge in [-0.05, 0) is 31.7 Å². The molecule has 2 heterocycles. The third-order valence-corrected chi connectivity index (χ3v) is 5.20. The second kappa shape index (κ2) is 5.44. The van der Waals surface area contributed by atoms with Gasteiger partial charge in [-0.25, -0.2) is 4.98 Å². The number of hydrogen-bond donors (Lipinski definition) is 1. The van der Waals surface area contributed by atoms with Gasteiger partial charge in [-0.3, -0.25) is 4.79 Å². The van der Waals surface area contributed by atoms with Crippen molar-refractivity contribution in [3.8, 4) is 0 Å². The molecule has 1 N–H and O–H groups in total. The summed E-state index contributed by atoms with van der Waals surface area (Å²) in [5, 5.41) is 3.39. The molecule has 5 heteroatoms. The summed E-state index contributed by atoms with van der Waals surface area (Å²) in [6.07, 6.45) is 6.98. The van der Waals surface area contributed by atoms with Gasteiger partial charge < -0.3 is 14.8 Å². The fourth-order valence-electron chi connectivity index (χ4n) is 3.37. The molecular formula is C16H26N4O. The van der Waals surface area contributed by atoms with Crippen molar-refractivity contribution < 1.29 is 4.79 Å². The molecule has 1 saturated carbocycles. The lowest BCUT2D eigenvalue weighted by Gasteiger charge is -2.37. The van der Waals surface area contributed by atoms with Crippen LogP contribution in [0, 0.1) is 11.3 Å². The molecule has 1 aromatic heterocycles. The van der Waals surface area contributed by atoms with E-state index in [0.717, 1.165) is 38.2 Å². The Morgan fingerprint density at radius 1 is 1.57 bits per heavy atom. The summed E-state index contributed by atoms with van der Waals surface area (Å²) < 4.78 is 2.01. The predicted octanol–water partition coefficient (Wildman–Crippen LogP) is 1.55. The molecule has 0 aromatic carbocycles. The number of amides is 1. The van der Waals surface area contributed by atoms with Gasteiger partial charge in [0.1, 0.15) is 5.82 Å². The SMILES string of the molecule is CC(C)C1(C(=O)N(Cc2nccn2C)C2CC2)CCNC1. The second-order valence-corrected chi connectivity index (χ2v) is 6.86. The molecule has 1 saturated heterocycles. The van der Waals surface area contributed by atoms with E-state index >= 15 is 0 Å². The predicted molar refractivity (Wildman–Crippen MR) is 81.5 cm³/mol. The zero-order chi connectivity index (χ0) is 15.0. The van der Waals surface area contributed by atoms with E-state index in [0.29, 0.717) is 24.4 Å². The average Bonchev–Trinajstić information content (AvgIpc) is 3.01. The highest BCUT2D eigenvalue weighted by molar-refractivity contribution is 5.84. The standard InChI is InChI=1S/C16H26N4O/c1-12(2)16(6-7-17-11-16)15(21)20(13-4-5-13)10-14-18-8-9-19(14)3/h8-9,12-13,17H,4-7,10-11H2,1-3H3. The molecule has 1 aliphatic heterocycles. The van der Waals surface area contributed by atoms with Crippen LogP contribution < -0.4 is 5.32 Å². The van der Waals surface area contributed by atoms with Crippen molar-refractivity contribution >= 4 is 5.91 Å². The Kier molecular flexibility index (Phi) is 3.78. The summed E-state index contributed by atoms with van der Waals surface area (Å²) in [5.41, 5.74) is -0.228. The van der Waals surface area contributed by atoms with E-state index in [-0.39, 0.29) is 5.41 Å². The molecule has 116 valence electrons. The molecule has 3 rings (SSSR count). The molecule has 2 fully saturated rings. The maximum Gasteiger partial charge on any atom is 0.231 e. The van der Waals surface area contributed by atoms with Crippen LogP contribution in [0.15, 0.2) is 12.4 Å². The summed E-state index contributed by atoms with van der Waals surface area (Å²) in [7, 11) is 1.99. The molecule has 5 nitrogen and oxygen atoms in total. The molecule has 0 spiro atoms. The summed E-state index contributed by atoms with van der Waals surface area (Å²) in [6, 6.07) is 0.422. The first-order chi connectivity index (χ1) is 10.0. The summed E-state index contributed by atoms with van der Waals surface area (Å²) in [6.45, 7) is 6.76. The van der Waals surface area contributed by atoms with Crippen LogP contribution in [0.25, 0.3) is 0 Å². The van der Waals surface area contributed by atoms with Gasteiger partial charge in [0.2, 0.25) is 5.91 Å². The number of aromatic nitrogens is 2. The first-order valence-corrected chi connectivity index (χ1v) is 8.02. The fraction of sp³-hybridized carbons (Fsp3) is 0.750. The Bertz CT molecular complexity index is 512. The Balaban J connectivity index is 1.83. The molecule has 1 atom stereocenters. The van der Waals surface area contributed by atoms with Crippen molar-refractivity contribution in [3.05, 3.63) is 18.2 Å². The van der Waals surface area contributed by atoms with Gasteiger partial charge in [-0.2, -0.15) is 0 Å². The normalized spacial score (nSPS) is 25.5. The number of rotatable bonds is 5. The van der Waals surface area contributed by atoms with Crippen molar-refractivity contribution in [1.29, 1.82) is 0 Å². The average molecular weight is 290 g/mol. The van der Waals surface area contributed by atoms with Crippen LogP contribution in [-0.4, -0.2) is 39.5 Å². The van der Waals surface area contributed by atoms with E-state index < -0.39 is 0 Å². The smallest absolute Gasteiger partial charge is 0.231 e. The number of aryl methyl sites for hydroxylation is 1. The minimum atomic E-state index is -0.228. The van der Waals surface area contributed by atoms with Gasteiger partial charge in [0.25, 0.3) is 0 Å². The largest absolute Gasteiger partial charge is 0.337 e. The summed E-state index contributed by atoms with van der Waals surface area (Å²) in [5.74, 6) is 1.66. The van der Waals surface area contributed by atoms with Crippen molar-refractivity contribution in [3.63, 3.8) is 0 Å². The Morgan fingerprint density at radius 3 is 2.81 bits per heavy atom. The number of carbonyl (C=O) groups excluding carboxylic acids is 1. The van der Waals surface area contributed by atoms with Crippen LogP contribution in [0.1, 0.15) is 38.9 Å². The number of hydrogen-bond acceptors (Lipinski definition) is 3. The first kappa shape index (κ1) is 14.6. The van der Waals surface area contributed by atoms with Crippen LogP contribution in [0.5, 0.6) is 0 Å². The lowest BCUT2D eigenvalue weighted by Crippen LogP contribution is -2.49. The van der Waals surface area contributed by atoms with Crippen LogP contribution in [-0.2, 0) is 18.4 Å². The number of imidazole rings is 1. The van der Waals surface area contributed by atoms with E-state index in [1.165, 1.54) is 0 Å². The second-order valence-electron chi connectivity index (χ2n) is 6.86. The topological polar surface area (TPSA) is 50.2 Å². The maximum atomic E-state index is 13.3. The highest BCUT2D eigenvalue weighted by Crippen LogP contribution is 2.40. The van der Waals surface area contributed by atoms with Gasteiger partial charge in [-0.1, -0.05) is 13.8 Å². The van der Waals surface area contributed by atoms with E-state index in [1.807, 2.05) is 17.8 Å². The van der Waals surface area contributed by atoms with Crippen molar-refractivity contribution in [2.75, 3.05) is 13.1 Å². The Morgan fingerprint density at radius 2 is 2.33 bits per heavy atom. The van der Waals surface area contributed by atoms with Crippen molar-refractivity contribution in [1.82, 2.24) is 19.8 Å². The van der Waals surface area contributed by atoms with Crippen molar-refractivity contribution in [2.24, 2.45) is 18.4 Å². The van der Waals surface area contributed by atoms with Crippen molar-refractivity contribution in [2.45, 2.75) is 45.7 Å². The van der Waals surface area contributed by atoms with Gasteiger partial charge >= 0.3 is 0 Å². The van der Waals surface area contributed by atoms with E-state index in [4.69, 9.17) is 0 Å². The number of nitrogens with one attached hydrogen (secondary N) is 1. The van der Waals surface area contributed by atoms with Crippen LogP contribution in [0.3, 0.4) is 0 Å². The lowest BCUT2D eigenvalue weighted by atomic mass is 9.75. The molecule has 2 aliphatic rings.